The minimum atomic E-state index is -0.133. The van der Waals surface area contributed by atoms with Gasteiger partial charge in [0.25, 0.3) is 0 Å². The molecule has 0 fully saturated rings. The van der Waals surface area contributed by atoms with E-state index in [4.69, 9.17) is 4.52 Å². The molecule has 1 atom stereocenters. The number of carbonyl (C=O) groups excluding carboxylic acids is 1. The highest BCUT2D eigenvalue weighted by Gasteiger charge is 2.20. The molecule has 0 aliphatic carbocycles. The van der Waals surface area contributed by atoms with Gasteiger partial charge in [0.1, 0.15) is 11.4 Å². The molecule has 1 amide bonds. The SMILES string of the molecule is CCC(Sc1ccccc1)C(=O)Nc1c(C)noc1C. The summed E-state index contributed by atoms with van der Waals surface area (Å²) in [5.41, 5.74) is 1.39. The van der Waals surface area contributed by atoms with Crippen LogP contribution in [0.2, 0.25) is 0 Å². The minimum absolute atomic E-state index is 0.0178. The van der Waals surface area contributed by atoms with Crippen molar-refractivity contribution in [2.24, 2.45) is 0 Å². The average Bonchev–Trinajstić information content (AvgIpc) is 2.77. The van der Waals surface area contributed by atoms with Crippen LogP contribution in [-0.2, 0) is 4.79 Å². The molecule has 0 radical (unpaired) electrons. The first-order chi connectivity index (χ1) is 9.61. The molecule has 1 unspecified atom stereocenters. The molecule has 0 saturated heterocycles. The predicted molar refractivity (Wildman–Crippen MR) is 81.0 cm³/mol. The number of carbonyl (C=O) groups is 1. The fraction of sp³-hybridized carbons (Fsp3) is 0.333. The van der Waals surface area contributed by atoms with E-state index in [1.165, 1.54) is 0 Å². The molecule has 0 bridgehead atoms. The molecule has 20 heavy (non-hydrogen) atoms. The normalized spacial score (nSPS) is 12.2. The zero-order chi connectivity index (χ0) is 14.5. The number of nitrogens with zero attached hydrogens (tertiary/aromatic N) is 1. The number of hydrogen-bond acceptors (Lipinski definition) is 4. The molecule has 106 valence electrons. The van der Waals surface area contributed by atoms with E-state index in [2.05, 4.69) is 10.5 Å². The van der Waals surface area contributed by atoms with Crippen molar-refractivity contribution in [2.75, 3.05) is 5.32 Å². The summed E-state index contributed by atoms with van der Waals surface area (Å²) in [6.07, 6.45) is 0.759. The van der Waals surface area contributed by atoms with Crippen LogP contribution in [0.15, 0.2) is 39.8 Å². The highest BCUT2D eigenvalue weighted by Crippen LogP contribution is 2.27. The summed E-state index contributed by atoms with van der Waals surface area (Å²) in [7, 11) is 0. The number of rotatable bonds is 5. The van der Waals surface area contributed by atoms with Crippen LogP contribution < -0.4 is 5.32 Å². The molecular formula is C15H18N2O2S. The second-order valence-corrected chi connectivity index (χ2v) is 5.79. The summed E-state index contributed by atoms with van der Waals surface area (Å²) in [5.74, 6) is 0.617. The van der Waals surface area contributed by atoms with E-state index < -0.39 is 0 Å². The number of aromatic nitrogens is 1. The molecule has 2 rings (SSSR count). The van der Waals surface area contributed by atoms with Gasteiger partial charge in [-0.2, -0.15) is 0 Å². The smallest absolute Gasteiger partial charge is 0.237 e. The molecular weight excluding hydrogens is 272 g/mol. The van der Waals surface area contributed by atoms with Gasteiger partial charge in [-0.05, 0) is 32.4 Å². The van der Waals surface area contributed by atoms with Crippen LogP contribution in [0.3, 0.4) is 0 Å². The topological polar surface area (TPSA) is 55.1 Å². The monoisotopic (exact) mass is 290 g/mol. The third-order valence-electron chi connectivity index (χ3n) is 2.97. The first kappa shape index (κ1) is 14.7. The fourth-order valence-corrected chi connectivity index (χ4v) is 2.83. The lowest BCUT2D eigenvalue weighted by Gasteiger charge is -2.14. The predicted octanol–water partition coefficient (Wildman–Crippen LogP) is 3.80. The van der Waals surface area contributed by atoms with Gasteiger partial charge < -0.3 is 9.84 Å². The number of aryl methyl sites for hydroxylation is 2. The van der Waals surface area contributed by atoms with E-state index in [0.717, 1.165) is 11.3 Å². The molecule has 0 saturated carbocycles. The van der Waals surface area contributed by atoms with Crippen molar-refractivity contribution >= 4 is 23.4 Å². The fourth-order valence-electron chi connectivity index (χ4n) is 1.85. The second-order valence-electron chi connectivity index (χ2n) is 4.52. The molecule has 5 heteroatoms. The summed E-state index contributed by atoms with van der Waals surface area (Å²) in [6, 6.07) is 9.93. The van der Waals surface area contributed by atoms with E-state index in [9.17, 15) is 4.79 Å². The second kappa shape index (κ2) is 6.61. The van der Waals surface area contributed by atoms with E-state index in [1.807, 2.05) is 44.2 Å². The van der Waals surface area contributed by atoms with Crippen molar-refractivity contribution in [1.29, 1.82) is 0 Å². The molecule has 1 heterocycles. The van der Waals surface area contributed by atoms with Crippen molar-refractivity contribution < 1.29 is 9.32 Å². The zero-order valence-electron chi connectivity index (χ0n) is 11.8. The Bertz CT molecular complexity index is 561. The van der Waals surface area contributed by atoms with Gasteiger partial charge in [0.2, 0.25) is 5.91 Å². The largest absolute Gasteiger partial charge is 0.359 e. The molecule has 2 aromatic rings. The van der Waals surface area contributed by atoms with Gasteiger partial charge in [-0.1, -0.05) is 30.3 Å². The summed E-state index contributed by atoms with van der Waals surface area (Å²) >= 11 is 1.57. The van der Waals surface area contributed by atoms with Crippen LogP contribution in [0.5, 0.6) is 0 Å². The maximum absolute atomic E-state index is 12.3. The average molecular weight is 290 g/mol. The van der Waals surface area contributed by atoms with Gasteiger partial charge in [0, 0.05) is 4.90 Å². The van der Waals surface area contributed by atoms with Crippen LogP contribution in [0.4, 0.5) is 5.69 Å². The first-order valence-electron chi connectivity index (χ1n) is 6.57. The summed E-state index contributed by atoms with van der Waals surface area (Å²) in [4.78, 5) is 13.4. The van der Waals surface area contributed by atoms with E-state index in [0.29, 0.717) is 17.1 Å². The van der Waals surface area contributed by atoms with Crippen molar-refractivity contribution in [3.63, 3.8) is 0 Å². The third kappa shape index (κ3) is 3.42. The highest BCUT2D eigenvalue weighted by molar-refractivity contribution is 8.00. The number of anilines is 1. The lowest BCUT2D eigenvalue weighted by Crippen LogP contribution is -2.25. The van der Waals surface area contributed by atoms with E-state index in [1.54, 1.807) is 18.7 Å². The molecule has 0 spiro atoms. The third-order valence-corrected chi connectivity index (χ3v) is 4.34. The van der Waals surface area contributed by atoms with Crippen molar-refractivity contribution in [3.8, 4) is 0 Å². The van der Waals surface area contributed by atoms with Crippen molar-refractivity contribution in [3.05, 3.63) is 41.8 Å². The minimum Gasteiger partial charge on any atom is -0.359 e. The Kier molecular flexibility index (Phi) is 4.84. The lowest BCUT2D eigenvalue weighted by molar-refractivity contribution is -0.115. The van der Waals surface area contributed by atoms with Crippen LogP contribution in [0.1, 0.15) is 24.8 Å². The quantitative estimate of drug-likeness (QED) is 0.851. The standard InChI is InChI=1S/C15H18N2O2S/c1-4-13(20-12-8-6-5-7-9-12)15(18)16-14-10(2)17-19-11(14)3/h5-9,13H,4H2,1-3H3,(H,16,18). The number of nitrogens with one attached hydrogen (secondary N) is 1. The Labute approximate surface area is 122 Å². The van der Waals surface area contributed by atoms with Crippen molar-refractivity contribution in [1.82, 2.24) is 5.16 Å². The van der Waals surface area contributed by atoms with Gasteiger partial charge >= 0.3 is 0 Å². The first-order valence-corrected chi connectivity index (χ1v) is 7.45. The summed E-state index contributed by atoms with van der Waals surface area (Å²) < 4.78 is 5.06. The van der Waals surface area contributed by atoms with Gasteiger partial charge in [-0.3, -0.25) is 4.79 Å². The molecule has 4 nitrogen and oxygen atoms in total. The number of hydrogen-bond donors (Lipinski definition) is 1. The van der Waals surface area contributed by atoms with Crippen LogP contribution in [-0.4, -0.2) is 16.3 Å². The van der Waals surface area contributed by atoms with Crippen LogP contribution in [0, 0.1) is 13.8 Å². The Balaban J connectivity index is 2.06. The maximum Gasteiger partial charge on any atom is 0.237 e. The number of thioether (sulfide) groups is 1. The molecule has 1 N–H and O–H groups in total. The van der Waals surface area contributed by atoms with Gasteiger partial charge in [-0.15, -0.1) is 11.8 Å². The van der Waals surface area contributed by atoms with Gasteiger partial charge in [0.15, 0.2) is 5.76 Å². The van der Waals surface area contributed by atoms with Crippen LogP contribution in [0.25, 0.3) is 0 Å². The summed E-state index contributed by atoms with van der Waals surface area (Å²) in [6.45, 7) is 5.62. The Morgan fingerprint density at radius 3 is 2.60 bits per heavy atom. The van der Waals surface area contributed by atoms with Crippen LogP contribution >= 0.6 is 11.8 Å². The lowest BCUT2D eigenvalue weighted by atomic mass is 10.2. The zero-order valence-corrected chi connectivity index (χ0v) is 12.7. The van der Waals surface area contributed by atoms with Gasteiger partial charge in [-0.25, -0.2) is 0 Å². The number of amides is 1. The highest BCUT2D eigenvalue weighted by atomic mass is 32.2. The van der Waals surface area contributed by atoms with E-state index in [-0.39, 0.29) is 11.2 Å². The van der Waals surface area contributed by atoms with Gasteiger partial charge in [0.05, 0.1) is 5.25 Å². The van der Waals surface area contributed by atoms with Crippen molar-refractivity contribution in [2.45, 2.75) is 37.3 Å². The molecule has 0 aliphatic rings. The van der Waals surface area contributed by atoms with E-state index >= 15 is 0 Å². The molecule has 0 aliphatic heterocycles. The Morgan fingerprint density at radius 1 is 1.35 bits per heavy atom. The Hall–Kier alpha value is -1.75. The molecule has 1 aromatic heterocycles. The maximum atomic E-state index is 12.3. The molecule has 1 aromatic carbocycles. The Morgan fingerprint density at radius 2 is 2.05 bits per heavy atom. The summed E-state index contributed by atoms with van der Waals surface area (Å²) in [5, 5.41) is 6.62. The number of benzene rings is 1.